The number of furan rings is 1. The maximum absolute atomic E-state index is 12.6. The van der Waals surface area contributed by atoms with Crippen LogP contribution in [0.1, 0.15) is 5.69 Å². The molecule has 0 aliphatic heterocycles. The van der Waals surface area contributed by atoms with Crippen molar-refractivity contribution in [1.82, 2.24) is 4.98 Å². The second kappa shape index (κ2) is 4.12. The highest BCUT2D eigenvalue weighted by molar-refractivity contribution is 5.79. The zero-order valence-electron chi connectivity index (χ0n) is 9.61. The van der Waals surface area contributed by atoms with E-state index in [9.17, 15) is 13.2 Å². The Hall–Kier alpha value is -2.30. The monoisotopic (exact) mass is 263 g/mol. The summed E-state index contributed by atoms with van der Waals surface area (Å²) in [6.07, 6.45) is -4.45. The summed E-state index contributed by atoms with van der Waals surface area (Å²) < 4.78 is 43.1. The van der Waals surface area contributed by atoms with Crippen LogP contribution >= 0.6 is 0 Å². The first-order valence-corrected chi connectivity index (χ1v) is 5.57. The molecular weight excluding hydrogens is 255 g/mol. The van der Waals surface area contributed by atoms with Gasteiger partial charge in [-0.1, -0.05) is 30.3 Å². The van der Waals surface area contributed by atoms with Crippen LogP contribution in [0.5, 0.6) is 0 Å². The summed E-state index contributed by atoms with van der Waals surface area (Å²) >= 11 is 0. The van der Waals surface area contributed by atoms with Crippen molar-refractivity contribution in [3.05, 3.63) is 54.2 Å². The van der Waals surface area contributed by atoms with Crippen LogP contribution in [0, 0.1) is 0 Å². The van der Waals surface area contributed by atoms with Gasteiger partial charge in [-0.25, -0.2) is 4.98 Å². The Balaban J connectivity index is 2.12. The Kier molecular flexibility index (Phi) is 2.55. The molecule has 2 nitrogen and oxygen atoms in total. The molecule has 0 atom stereocenters. The molecule has 0 unspecified atom stereocenters. The third-order valence-corrected chi connectivity index (χ3v) is 2.72. The van der Waals surface area contributed by atoms with Crippen LogP contribution in [0.25, 0.3) is 22.4 Å². The quantitative estimate of drug-likeness (QED) is 0.645. The number of benzene rings is 1. The summed E-state index contributed by atoms with van der Waals surface area (Å²) in [7, 11) is 0. The molecule has 96 valence electrons. The van der Waals surface area contributed by atoms with E-state index in [0.29, 0.717) is 11.3 Å². The summed E-state index contributed by atoms with van der Waals surface area (Å²) in [5.41, 5.74) is 0.426. The van der Waals surface area contributed by atoms with Gasteiger partial charge in [0.05, 0.1) is 0 Å². The number of rotatable bonds is 1. The Bertz CT molecular complexity index is 716. The van der Waals surface area contributed by atoms with E-state index in [1.54, 1.807) is 0 Å². The third-order valence-electron chi connectivity index (χ3n) is 2.72. The second-order valence-corrected chi connectivity index (χ2v) is 4.05. The van der Waals surface area contributed by atoms with Crippen molar-refractivity contribution in [3.8, 4) is 11.3 Å². The molecule has 0 radical (unpaired) electrons. The van der Waals surface area contributed by atoms with Gasteiger partial charge in [-0.3, -0.25) is 0 Å². The van der Waals surface area contributed by atoms with Gasteiger partial charge < -0.3 is 4.42 Å². The Labute approximate surface area is 106 Å². The zero-order valence-corrected chi connectivity index (χ0v) is 9.61. The Morgan fingerprint density at radius 2 is 1.68 bits per heavy atom. The lowest BCUT2D eigenvalue weighted by Crippen LogP contribution is -2.06. The van der Waals surface area contributed by atoms with Crippen LogP contribution in [0.2, 0.25) is 0 Å². The van der Waals surface area contributed by atoms with E-state index in [2.05, 4.69) is 4.98 Å². The van der Waals surface area contributed by atoms with Gasteiger partial charge in [0.25, 0.3) is 0 Å². The smallest absolute Gasteiger partial charge is 0.433 e. The lowest BCUT2D eigenvalue weighted by molar-refractivity contribution is -0.140. The Morgan fingerprint density at radius 1 is 0.947 bits per heavy atom. The predicted octanol–water partition coefficient (Wildman–Crippen LogP) is 4.51. The SMILES string of the molecule is FC(F)(F)c1ccc2oc(-c3ccccc3)cc2n1. The van der Waals surface area contributed by atoms with Gasteiger partial charge >= 0.3 is 6.18 Å². The first kappa shape index (κ1) is 11.8. The highest BCUT2D eigenvalue weighted by atomic mass is 19.4. The second-order valence-electron chi connectivity index (χ2n) is 4.05. The van der Waals surface area contributed by atoms with Crippen LogP contribution < -0.4 is 0 Å². The fourth-order valence-electron chi connectivity index (χ4n) is 1.83. The van der Waals surface area contributed by atoms with Gasteiger partial charge in [-0.15, -0.1) is 0 Å². The van der Waals surface area contributed by atoms with Crippen LogP contribution in [0.4, 0.5) is 13.2 Å². The number of pyridine rings is 1. The molecule has 0 saturated heterocycles. The van der Waals surface area contributed by atoms with E-state index in [4.69, 9.17) is 4.42 Å². The van der Waals surface area contributed by atoms with Crippen LogP contribution in [-0.2, 0) is 6.18 Å². The first-order chi connectivity index (χ1) is 9.04. The third kappa shape index (κ3) is 2.19. The molecule has 0 fully saturated rings. The molecule has 0 amide bonds. The maximum atomic E-state index is 12.6. The first-order valence-electron chi connectivity index (χ1n) is 5.57. The van der Waals surface area contributed by atoms with Gasteiger partial charge in [0.1, 0.15) is 17.0 Å². The van der Waals surface area contributed by atoms with Crippen molar-refractivity contribution >= 4 is 11.1 Å². The molecule has 3 rings (SSSR count). The number of hydrogen-bond donors (Lipinski definition) is 0. The molecule has 0 bridgehead atoms. The molecule has 2 heterocycles. The number of aromatic nitrogens is 1. The fraction of sp³-hybridized carbons (Fsp3) is 0.0714. The van der Waals surface area contributed by atoms with Gasteiger partial charge in [-0.05, 0) is 12.1 Å². The zero-order chi connectivity index (χ0) is 13.5. The number of alkyl halides is 3. The highest BCUT2D eigenvalue weighted by Crippen LogP contribution is 2.31. The summed E-state index contributed by atoms with van der Waals surface area (Å²) in [5.74, 6) is 0.502. The minimum atomic E-state index is -4.45. The minimum absolute atomic E-state index is 0.202. The average molecular weight is 263 g/mol. The molecule has 2 aromatic heterocycles. The number of halogens is 3. The number of nitrogens with zero attached hydrogens (tertiary/aromatic N) is 1. The molecule has 0 N–H and O–H groups in total. The minimum Gasteiger partial charge on any atom is -0.454 e. The molecule has 0 aliphatic rings. The lowest BCUT2D eigenvalue weighted by atomic mass is 10.2. The largest absolute Gasteiger partial charge is 0.454 e. The molecule has 0 spiro atoms. The number of fused-ring (bicyclic) bond motifs is 1. The topological polar surface area (TPSA) is 26.0 Å². The predicted molar refractivity (Wildman–Crippen MR) is 64.4 cm³/mol. The van der Waals surface area contributed by atoms with Gasteiger partial charge in [0, 0.05) is 11.6 Å². The molecule has 5 heteroatoms. The van der Waals surface area contributed by atoms with Crippen LogP contribution in [-0.4, -0.2) is 4.98 Å². The van der Waals surface area contributed by atoms with Crippen molar-refractivity contribution in [2.75, 3.05) is 0 Å². The normalized spacial score (nSPS) is 11.9. The molecule has 0 saturated carbocycles. The summed E-state index contributed by atoms with van der Waals surface area (Å²) in [6, 6.07) is 12.9. The number of hydrogen-bond acceptors (Lipinski definition) is 2. The van der Waals surface area contributed by atoms with Gasteiger partial charge in [0.15, 0.2) is 5.58 Å². The van der Waals surface area contributed by atoms with E-state index in [-0.39, 0.29) is 5.52 Å². The molecular formula is C14H8F3NO. The van der Waals surface area contributed by atoms with E-state index in [1.807, 2.05) is 30.3 Å². The molecule has 19 heavy (non-hydrogen) atoms. The standard InChI is InChI=1S/C14H8F3NO/c15-14(16,17)13-7-6-11-10(18-13)8-12(19-11)9-4-2-1-3-5-9/h1-8H. The maximum Gasteiger partial charge on any atom is 0.433 e. The van der Waals surface area contributed by atoms with Crippen molar-refractivity contribution in [1.29, 1.82) is 0 Å². The lowest BCUT2D eigenvalue weighted by Gasteiger charge is -2.03. The summed E-state index contributed by atoms with van der Waals surface area (Å²) in [5, 5.41) is 0. The van der Waals surface area contributed by atoms with E-state index in [0.717, 1.165) is 11.6 Å². The Morgan fingerprint density at radius 3 is 2.37 bits per heavy atom. The van der Waals surface area contributed by atoms with Crippen molar-refractivity contribution in [3.63, 3.8) is 0 Å². The van der Waals surface area contributed by atoms with Crippen molar-refractivity contribution in [2.45, 2.75) is 6.18 Å². The van der Waals surface area contributed by atoms with Crippen molar-refractivity contribution in [2.24, 2.45) is 0 Å². The molecule has 3 aromatic rings. The van der Waals surface area contributed by atoms with Gasteiger partial charge in [0.2, 0.25) is 0 Å². The molecule has 1 aromatic carbocycles. The highest BCUT2D eigenvalue weighted by Gasteiger charge is 2.32. The van der Waals surface area contributed by atoms with Crippen molar-refractivity contribution < 1.29 is 17.6 Å². The van der Waals surface area contributed by atoms with E-state index >= 15 is 0 Å². The summed E-state index contributed by atoms with van der Waals surface area (Å²) in [6.45, 7) is 0. The van der Waals surface area contributed by atoms with E-state index in [1.165, 1.54) is 12.1 Å². The van der Waals surface area contributed by atoms with E-state index < -0.39 is 11.9 Å². The van der Waals surface area contributed by atoms with Crippen LogP contribution in [0.3, 0.4) is 0 Å². The van der Waals surface area contributed by atoms with Gasteiger partial charge in [-0.2, -0.15) is 13.2 Å². The average Bonchev–Trinajstić information content (AvgIpc) is 2.81. The van der Waals surface area contributed by atoms with Crippen LogP contribution in [0.15, 0.2) is 52.9 Å². The molecule has 0 aliphatic carbocycles. The fourth-order valence-corrected chi connectivity index (χ4v) is 1.83. The summed E-state index contributed by atoms with van der Waals surface area (Å²) in [4.78, 5) is 3.57.